The molecular formula is C28H31FN2O5. The molecule has 2 aliphatic carbocycles. The van der Waals surface area contributed by atoms with Crippen LogP contribution in [0.1, 0.15) is 56.2 Å². The monoisotopic (exact) mass is 494 g/mol. The Kier molecular flexibility index (Phi) is 6.84. The van der Waals surface area contributed by atoms with Gasteiger partial charge in [-0.1, -0.05) is 30.3 Å². The molecule has 5 rings (SSSR count). The maximum Gasteiger partial charge on any atom is 0.252 e. The highest BCUT2D eigenvalue weighted by molar-refractivity contribution is 5.86. The molecule has 3 fully saturated rings. The van der Waals surface area contributed by atoms with Gasteiger partial charge < -0.3 is 24.3 Å². The molecule has 190 valence electrons. The third kappa shape index (κ3) is 5.45. The topological polar surface area (TPSA) is 89.8 Å². The first-order valence-electron chi connectivity index (χ1n) is 12.4. The molecular weight excluding hydrogens is 463 g/mol. The smallest absolute Gasteiger partial charge is 0.252 e. The summed E-state index contributed by atoms with van der Waals surface area (Å²) in [6, 6.07) is 15.7. The van der Waals surface area contributed by atoms with Crippen molar-refractivity contribution < 1.29 is 28.1 Å². The largest absolute Gasteiger partial charge is 0.371 e. The molecule has 4 atom stereocenters. The van der Waals surface area contributed by atoms with E-state index in [1.807, 2.05) is 32.0 Å². The fourth-order valence-corrected chi connectivity index (χ4v) is 5.01. The van der Waals surface area contributed by atoms with Crippen molar-refractivity contribution in [2.45, 2.75) is 88.5 Å². The summed E-state index contributed by atoms with van der Waals surface area (Å²) in [4.78, 5) is 13.6. The summed E-state index contributed by atoms with van der Waals surface area (Å²) in [5.74, 6) is -1.35. The molecule has 1 aliphatic heterocycles. The fourth-order valence-electron chi connectivity index (χ4n) is 5.01. The summed E-state index contributed by atoms with van der Waals surface area (Å²) >= 11 is 0. The van der Waals surface area contributed by atoms with Crippen LogP contribution in [-0.4, -0.2) is 41.6 Å². The minimum absolute atomic E-state index is 0.143. The summed E-state index contributed by atoms with van der Waals surface area (Å²) in [6.45, 7) is 4.03. The van der Waals surface area contributed by atoms with Crippen molar-refractivity contribution in [3.8, 4) is 6.07 Å². The molecule has 0 bridgehead atoms. The van der Waals surface area contributed by atoms with Crippen LogP contribution in [0.15, 0.2) is 48.5 Å². The fraction of sp³-hybridized carbons (Fsp3) is 0.500. The summed E-state index contributed by atoms with van der Waals surface area (Å²) in [5, 5.41) is 12.6. The van der Waals surface area contributed by atoms with Crippen LogP contribution in [0, 0.1) is 17.1 Å². The van der Waals surface area contributed by atoms with E-state index < -0.39 is 23.6 Å². The number of hydrogen-bond acceptors (Lipinski definition) is 6. The van der Waals surface area contributed by atoms with Crippen LogP contribution in [0.3, 0.4) is 0 Å². The molecule has 3 aliphatic rings. The first-order chi connectivity index (χ1) is 17.3. The van der Waals surface area contributed by atoms with E-state index in [2.05, 4.69) is 11.4 Å². The number of carbonyl (C=O) groups is 1. The van der Waals surface area contributed by atoms with Crippen LogP contribution < -0.4 is 5.32 Å². The zero-order chi connectivity index (χ0) is 25.3. The lowest BCUT2D eigenvalue weighted by atomic mass is 9.78. The molecule has 2 aromatic carbocycles. The Morgan fingerprint density at radius 2 is 1.86 bits per heavy atom. The zero-order valence-corrected chi connectivity index (χ0v) is 20.5. The number of benzene rings is 2. The van der Waals surface area contributed by atoms with E-state index in [0.29, 0.717) is 12.0 Å². The number of rotatable bonds is 8. The van der Waals surface area contributed by atoms with Gasteiger partial charge in [-0.3, -0.25) is 4.79 Å². The molecule has 2 saturated carbocycles. The molecule has 2 aromatic rings. The van der Waals surface area contributed by atoms with Gasteiger partial charge in [-0.05, 0) is 56.0 Å². The molecule has 36 heavy (non-hydrogen) atoms. The Morgan fingerprint density at radius 3 is 2.58 bits per heavy atom. The Bertz CT molecular complexity index is 1140. The highest BCUT2D eigenvalue weighted by Gasteiger charge is 2.58. The number of nitrogens with zero attached hydrogens (tertiary/aromatic N) is 1. The van der Waals surface area contributed by atoms with E-state index in [9.17, 15) is 14.4 Å². The normalized spacial score (nSPS) is 28.8. The zero-order valence-electron chi connectivity index (χ0n) is 20.5. The standard InChI is InChI=1S/C28H31FN2O5/c1-27(2)35-24-14-28(26(32)31-22-11-12-22,34-16-18-7-9-21(29)10-8-18)13-23(25(24)36-27)33-17-20-6-4-3-5-19(20)15-30/h3-10,22-25H,11-14,16-17H2,1-2H3,(H,31,32)/t23-,24-,25+,28-/m1/s1. The molecule has 1 saturated heterocycles. The van der Waals surface area contributed by atoms with E-state index >= 15 is 0 Å². The lowest BCUT2D eigenvalue weighted by Gasteiger charge is -2.43. The molecule has 8 heteroatoms. The third-order valence-corrected chi connectivity index (χ3v) is 7.00. The average Bonchev–Trinajstić information content (AvgIpc) is 3.62. The van der Waals surface area contributed by atoms with Crippen LogP contribution in [0.5, 0.6) is 0 Å². The minimum atomic E-state index is -1.21. The summed E-state index contributed by atoms with van der Waals surface area (Å²) in [5.41, 5.74) is 0.863. The van der Waals surface area contributed by atoms with Crippen molar-refractivity contribution >= 4 is 5.91 Å². The number of fused-ring (bicyclic) bond motifs is 1. The van der Waals surface area contributed by atoms with Gasteiger partial charge in [0, 0.05) is 18.9 Å². The van der Waals surface area contributed by atoms with Crippen LogP contribution >= 0.6 is 0 Å². The van der Waals surface area contributed by atoms with Crippen molar-refractivity contribution in [3.63, 3.8) is 0 Å². The number of ether oxygens (including phenoxy) is 4. The number of nitriles is 1. The van der Waals surface area contributed by atoms with E-state index in [4.69, 9.17) is 18.9 Å². The summed E-state index contributed by atoms with van der Waals surface area (Å²) < 4.78 is 38.6. The minimum Gasteiger partial charge on any atom is -0.371 e. The Labute approximate surface area is 210 Å². The van der Waals surface area contributed by atoms with Crippen molar-refractivity contribution in [1.82, 2.24) is 5.32 Å². The second-order valence-corrected chi connectivity index (χ2v) is 10.3. The van der Waals surface area contributed by atoms with Crippen LogP contribution in [-0.2, 0) is 37.0 Å². The second-order valence-electron chi connectivity index (χ2n) is 10.3. The first kappa shape index (κ1) is 24.8. The molecule has 0 radical (unpaired) electrons. The maximum absolute atomic E-state index is 13.6. The maximum atomic E-state index is 13.6. The summed E-state index contributed by atoms with van der Waals surface area (Å²) in [6.07, 6.45) is 1.17. The highest BCUT2D eigenvalue weighted by atomic mass is 19.1. The van der Waals surface area contributed by atoms with E-state index in [-0.39, 0.29) is 43.5 Å². The van der Waals surface area contributed by atoms with Gasteiger partial charge in [0.1, 0.15) is 11.9 Å². The first-order valence-corrected chi connectivity index (χ1v) is 12.4. The number of nitrogens with one attached hydrogen (secondary N) is 1. The number of amides is 1. The molecule has 1 amide bonds. The van der Waals surface area contributed by atoms with Gasteiger partial charge in [-0.25, -0.2) is 4.39 Å². The number of carbonyl (C=O) groups excluding carboxylic acids is 1. The van der Waals surface area contributed by atoms with Gasteiger partial charge in [-0.15, -0.1) is 0 Å². The Hall–Kier alpha value is -2.83. The van der Waals surface area contributed by atoms with Gasteiger partial charge in [-0.2, -0.15) is 5.26 Å². The van der Waals surface area contributed by atoms with E-state index in [1.165, 1.54) is 12.1 Å². The van der Waals surface area contributed by atoms with Crippen LogP contribution in [0.4, 0.5) is 4.39 Å². The average molecular weight is 495 g/mol. The Morgan fingerprint density at radius 1 is 1.11 bits per heavy atom. The van der Waals surface area contributed by atoms with Crippen LogP contribution in [0.2, 0.25) is 0 Å². The lowest BCUT2D eigenvalue weighted by molar-refractivity contribution is -0.183. The van der Waals surface area contributed by atoms with Gasteiger partial charge in [0.2, 0.25) is 0 Å². The van der Waals surface area contributed by atoms with Gasteiger partial charge in [0.25, 0.3) is 5.91 Å². The SMILES string of the molecule is CC1(C)O[C@H]2[C@H](OCc3ccccc3C#N)C[C@](OCc3ccc(F)cc3)(C(=O)NC3CC3)C[C@H]2O1. The molecule has 0 spiro atoms. The molecule has 7 nitrogen and oxygen atoms in total. The highest BCUT2D eigenvalue weighted by Crippen LogP contribution is 2.44. The van der Waals surface area contributed by atoms with E-state index in [1.54, 1.807) is 18.2 Å². The molecule has 1 heterocycles. The van der Waals surface area contributed by atoms with E-state index in [0.717, 1.165) is 24.0 Å². The number of hydrogen-bond donors (Lipinski definition) is 1. The number of halogens is 1. The second kappa shape index (κ2) is 9.91. The van der Waals surface area contributed by atoms with Crippen molar-refractivity contribution in [2.24, 2.45) is 0 Å². The van der Waals surface area contributed by atoms with Crippen molar-refractivity contribution in [3.05, 3.63) is 71.0 Å². The van der Waals surface area contributed by atoms with Gasteiger partial charge >= 0.3 is 0 Å². The quantitative estimate of drug-likeness (QED) is 0.594. The van der Waals surface area contributed by atoms with Gasteiger partial charge in [0.05, 0.1) is 37.1 Å². The van der Waals surface area contributed by atoms with Crippen molar-refractivity contribution in [1.29, 1.82) is 5.26 Å². The predicted molar refractivity (Wildman–Crippen MR) is 128 cm³/mol. The third-order valence-electron chi connectivity index (χ3n) is 7.00. The Balaban J connectivity index is 1.41. The predicted octanol–water partition coefficient (Wildman–Crippen LogP) is 4.13. The van der Waals surface area contributed by atoms with Crippen molar-refractivity contribution in [2.75, 3.05) is 0 Å². The van der Waals surface area contributed by atoms with Gasteiger partial charge in [0.15, 0.2) is 11.4 Å². The molecule has 1 N–H and O–H groups in total. The summed E-state index contributed by atoms with van der Waals surface area (Å²) in [7, 11) is 0. The van der Waals surface area contributed by atoms with Crippen LogP contribution in [0.25, 0.3) is 0 Å². The molecule has 0 aromatic heterocycles. The molecule has 0 unspecified atom stereocenters. The lowest BCUT2D eigenvalue weighted by Crippen LogP contribution is -2.60.